The molecular weight excluding hydrogens is 182 g/mol. The maximum Gasteiger partial charge on any atom is 0.307 e. The number of halogens is 2. The van der Waals surface area contributed by atoms with Crippen molar-refractivity contribution < 1.29 is 23.8 Å². The van der Waals surface area contributed by atoms with Crippen LogP contribution >= 0.6 is 0 Å². The summed E-state index contributed by atoms with van der Waals surface area (Å²) in [4.78, 5) is 10.2. The maximum atomic E-state index is 12.8. The minimum Gasteiger partial charge on any atom is -0.508 e. The fraction of sp³-hybridized carbons (Fsp3) is 0.125. The van der Waals surface area contributed by atoms with Crippen LogP contribution in [0.5, 0.6) is 5.75 Å². The van der Waals surface area contributed by atoms with E-state index in [2.05, 4.69) is 0 Å². The highest BCUT2D eigenvalue weighted by atomic mass is 19.2. The van der Waals surface area contributed by atoms with Crippen LogP contribution in [0.15, 0.2) is 12.1 Å². The van der Waals surface area contributed by atoms with E-state index in [9.17, 15) is 13.6 Å². The van der Waals surface area contributed by atoms with Gasteiger partial charge in [0.25, 0.3) is 0 Å². The van der Waals surface area contributed by atoms with E-state index in [1.165, 1.54) is 0 Å². The summed E-state index contributed by atoms with van der Waals surface area (Å²) in [5.74, 6) is -4.27. The summed E-state index contributed by atoms with van der Waals surface area (Å²) in [7, 11) is 0. The van der Waals surface area contributed by atoms with Crippen LogP contribution in [0.4, 0.5) is 8.78 Å². The Hall–Kier alpha value is -1.65. The van der Waals surface area contributed by atoms with E-state index in [1.807, 2.05) is 0 Å². The topological polar surface area (TPSA) is 57.5 Å². The van der Waals surface area contributed by atoms with Gasteiger partial charge in [-0.2, -0.15) is 0 Å². The number of aliphatic carboxylic acids is 1. The van der Waals surface area contributed by atoms with E-state index >= 15 is 0 Å². The number of hydrogen-bond donors (Lipinski definition) is 2. The smallest absolute Gasteiger partial charge is 0.307 e. The zero-order valence-corrected chi connectivity index (χ0v) is 6.42. The van der Waals surface area contributed by atoms with E-state index < -0.39 is 29.8 Å². The summed E-state index contributed by atoms with van der Waals surface area (Å²) >= 11 is 0. The fourth-order valence-electron chi connectivity index (χ4n) is 0.922. The first kappa shape index (κ1) is 9.44. The second-order valence-electron chi connectivity index (χ2n) is 2.47. The number of carboxylic acid groups (broad SMARTS) is 1. The van der Waals surface area contributed by atoms with Crippen molar-refractivity contribution in [2.45, 2.75) is 6.42 Å². The highest BCUT2D eigenvalue weighted by molar-refractivity contribution is 5.70. The number of carboxylic acids is 1. The third-order valence-electron chi connectivity index (χ3n) is 1.43. The van der Waals surface area contributed by atoms with E-state index in [1.54, 1.807) is 0 Å². The molecule has 0 fully saturated rings. The van der Waals surface area contributed by atoms with Gasteiger partial charge in [0.15, 0.2) is 11.6 Å². The third kappa shape index (κ3) is 2.14. The van der Waals surface area contributed by atoms with Crippen molar-refractivity contribution in [3.8, 4) is 5.75 Å². The molecule has 5 heteroatoms. The Labute approximate surface area is 72.2 Å². The maximum absolute atomic E-state index is 12.8. The minimum absolute atomic E-state index is 0.370. The molecule has 0 aliphatic carbocycles. The van der Waals surface area contributed by atoms with Gasteiger partial charge in [-0.1, -0.05) is 0 Å². The van der Waals surface area contributed by atoms with Gasteiger partial charge in [-0.05, 0) is 6.07 Å². The molecular formula is C8H6F2O3. The van der Waals surface area contributed by atoms with E-state index in [-0.39, 0.29) is 5.56 Å². The second-order valence-corrected chi connectivity index (χ2v) is 2.47. The molecule has 0 saturated carbocycles. The van der Waals surface area contributed by atoms with Gasteiger partial charge in [0.05, 0.1) is 6.42 Å². The highest BCUT2D eigenvalue weighted by Crippen LogP contribution is 2.19. The summed E-state index contributed by atoms with van der Waals surface area (Å²) in [6.45, 7) is 0. The molecule has 0 bridgehead atoms. The molecule has 0 unspecified atom stereocenters. The van der Waals surface area contributed by atoms with Crippen LogP contribution < -0.4 is 0 Å². The predicted molar refractivity (Wildman–Crippen MR) is 39.4 cm³/mol. The monoisotopic (exact) mass is 188 g/mol. The molecule has 1 aromatic rings. The van der Waals surface area contributed by atoms with Crippen molar-refractivity contribution in [3.05, 3.63) is 29.3 Å². The summed E-state index contributed by atoms with van der Waals surface area (Å²) < 4.78 is 25.4. The molecule has 2 N–H and O–H groups in total. The molecule has 0 amide bonds. The summed E-state index contributed by atoms with van der Waals surface area (Å²) in [5.41, 5.74) is -0.370. The lowest BCUT2D eigenvalue weighted by molar-refractivity contribution is -0.136. The molecule has 70 valence electrons. The zero-order chi connectivity index (χ0) is 10.0. The summed E-state index contributed by atoms with van der Waals surface area (Å²) in [6, 6.07) is 1.47. The molecule has 0 saturated heterocycles. The van der Waals surface area contributed by atoms with E-state index in [0.717, 1.165) is 6.07 Å². The molecule has 0 atom stereocenters. The Bertz CT molecular complexity index is 349. The average Bonchev–Trinajstić information content (AvgIpc) is 1.98. The van der Waals surface area contributed by atoms with Gasteiger partial charge in [-0.25, -0.2) is 8.78 Å². The lowest BCUT2D eigenvalue weighted by Crippen LogP contribution is -2.03. The Morgan fingerprint density at radius 3 is 2.54 bits per heavy atom. The van der Waals surface area contributed by atoms with E-state index in [0.29, 0.717) is 6.07 Å². The largest absolute Gasteiger partial charge is 0.508 e. The van der Waals surface area contributed by atoms with Crippen molar-refractivity contribution >= 4 is 5.97 Å². The average molecular weight is 188 g/mol. The third-order valence-corrected chi connectivity index (χ3v) is 1.43. The quantitative estimate of drug-likeness (QED) is 0.735. The molecule has 1 rings (SSSR count). The van der Waals surface area contributed by atoms with Gasteiger partial charge < -0.3 is 10.2 Å². The van der Waals surface area contributed by atoms with Crippen molar-refractivity contribution in [2.75, 3.05) is 0 Å². The van der Waals surface area contributed by atoms with Crippen LogP contribution in [0.1, 0.15) is 5.56 Å². The fourth-order valence-corrected chi connectivity index (χ4v) is 0.922. The lowest BCUT2D eigenvalue weighted by Gasteiger charge is -2.01. The Morgan fingerprint density at radius 1 is 1.38 bits per heavy atom. The lowest BCUT2D eigenvalue weighted by atomic mass is 10.1. The number of benzene rings is 1. The minimum atomic E-state index is -1.29. The van der Waals surface area contributed by atoms with Crippen molar-refractivity contribution in [1.29, 1.82) is 0 Å². The zero-order valence-electron chi connectivity index (χ0n) is 6.42. The molecule has 1 aromatic carbocycles. The number of hydrogen-bond acceptors (Lipinski definition) is 2. The van der Waals surface area contributed by atoms with Gasteiger partial charge in [-0.15, -0.1) is 0 Å². The van der Waals surface area contributed by atoms with Crippen molar-refractivity contribution in [3.63, 3.8) is 0 Å². The summed E-state index contributed by atoms with van der Waals surface area (Å²) in [5, 5.41) is 17.1. The first-order valence-electron chi connectivity index (χ1n) is 3.39. The van der Waals surface area contributed by atoms with Crippen LogP contribution in [0.2, 0.25) is 0 Å². The van der Waals surface area contributed by atoms with Crippen LogP contribution in [0, 0.1) is 11.6 Å². The summed E-state index contributed by atoms with van der Waals surface area (Å²) in [6.07, 6.45) is -0.656. The Morgan fingerprint density at radius 2 is 2.00 bits per heavy atom. The molecule has 0 spiro atoms. The van der Waals surface area contributed by atoms with Gasteiger partial charge >= 0.3 is 5.97 Å². The van der Waals surface area contributed by atoms with Crippen LogP contribution in [-0.2, 0) is 11.2 Å². The SMILES string of the molecule is O=C(O)Cc1cc(O)cc(F)c1F. The molecule has 0 aliphatic heterocycles. The van der Waals surface area contributed by atoms with Crippen LogP contribution in [0.25, 0.3) is 0 Å². The second kappa shape index (κ2) is 3.38. The van der Waals surface area contributed by atoms with Crippen LogP contribution in [0.3, 0.4) is 0 Å². The predicted octanol–water partition coefficient (Wildman–Crippen LogP) is 1.30. The molecule has 0 aliphatic rings. The number of phenolic OH excluding ortho intramolecular Hbond substituents is 1. The normalized spacial score (nSPS) is 10.0. The molecule has 0 aromatic heterocycles. The van der Waals surface area contributed by atoms with Gasteiger partial charge in [-0.3, -0.25) is 4.79 Å². The van der Waals surface area contributed by atoms with Crippen LogP contribution in [-0.4, -0.2) is 16.2 Å². The molecule has 13 heavy (non-hydrogen) atoms. The molecule has 3 nitrogen and oxygen atoms in total. The van der Waals surface area contributed by atoms with Gasteiger partial charge in [0.1, 0.15) is 5.75 Å². The Balaban J connectivity index is 3.12. The molecule has 0 radical (unpaired) electrons. The molecule has 0 heterocycles. The number of rotatable bonds is 2. The van der Waals surface area contributed by atoms with Gasteiger partial charge in [0.2, 0.25) is 0 Å². The first-order chi connectivity index (χ1) is 6.00. The van der Waals surface area contributed by atoms with Crippen molar-refractivity contribution in [1.82, 2.24) is 0 Å². The number of carbonyl (C=O) groups is 1. The van der Waals surface area contributed by atoms with Crippen molar-refractivity contribution in [2.24, 2.45) is 0 Å². The first-order valence-corrected chi connectivity index (χ1v) is 3.39. The number of phenols is 1. The van der Waals surface area contributed by atoms with Gasteiger partial charge in [0, 0.05) is 11.6 Å². The highest BCUT2D eigenvalue weighted by Gasteiger charge is 2.12. The number of aromatic hydroxyl groups is 1. The van der Waals surface area contributed by atoms with E-state index in [4.69, 9.17) is 10.2 Å². The standard InChI is InChI=1S/C8H6F2O3/c9-6-3-5(11)1-4(8(6)10)2-7(12)13/h1,3,11H,2H2,(H,12,13). The Kier molecular flexibility index (Phi) is 2.46.